The lowest BCUT2D eigenvalue weighted by atomic mass is 10.2. The monoisotopic (exact) mass is 390 g/mol. The Labute approximate surface area is 171 Å². The lowest BCUT2D eigenvalue weighted by molar-refractivity contribution is 0.371. The Bertz CT molecular complexity index is 917. The SMILES string of the molecule is CCNC(=NCc1cc(-c2ccccc2)on1)N1CCN(c2ccccn2)CC1. The molecule has 1 fully saturated rings. The van der Waals surface area contributed by atoms with Crippen molar-refractivity contribution in [2.75, 3.05) is 37.6 Å². The van der Waals surface area contributed by atoms with Crippen LogP contribution in [0.15, 0.2) is 70.3 Å². The second-order valence-electron chi connectivity index (χ2n) is 6.88. The van der Waals surface area contributed by atoms with Crippen molar-refractivity contribution in [3.05, 3.63) is 66.5 Å². The van der Waals surface area contributed by atoms with Crippen molar-refractivity contribution < 1.29 is 4.52 Å². The minimum Gasteiger partial charge on any atom is -0.357 e. The Kier molecular flexibility index (Phi) is 6.04. The molecule has 7 nitrogen and oxygen atoms in total. The molecule has 0 radical (unpaired) electrons. The molecule has 1 N–H and O–H groups in total. The van der Waals surface area contributed by atoms with Gasteiger partial charge in [0.15, 0.2) is 11.7 Å². The van der Waals surface area contributed by atoms with Gasteiger partial charge in [0.2, 0.25) is 0 Å². The summed E-state index contributed by atoms with van der Waals surface area (Å²) in [5.74, 6) is 2.72. The maximum Gasteiger partial charge on any atom is 0.194 e. The molecule has 0 aliphatic carbocycles. The van der Waals surface area contributed by atoms with Crippen LogP contribution in [-0.2, 0) is 6.54 Å². The van der Waals surface area contributed by atoms with Crippen LogP contribution in [0.5, 0.6) is 0 Å². The van der Waals surface area contributed by atoms with Gasteiger partial charge in [-0.1, -0.05) is 41.6 Å². The summed E-state index contributed by atoms with van der Waals surface area (Å²) in [6, 6.07) is 18.0. The smallest absolute Gasteiger partial charge is 0.194 e. The van der Waals surface area contributed by atoms with Crippen LogP contribution in [0.2, 0.25) is 0 Å². The van der Waals surface area contributed by atoms with E-state index in [1.54, 1.807) is 0 Å². The van der Waals surface area contributed by atoms with E-state index < -0.39 is 0 Å². The highest BCUT2D eigenvalue weighted by Crippen LogP contribution is 2.20. The fourth-order valence-corrected chi connectivity index (χ4v) is 3.39. The lowest BCUT2D eigenvalue weighted by Crippen LogP contribution is -2.52. The number of nitrogens with one attached hydrogen (secondary N) is 1. The van der Waals surface area contributed by atoms with Gasteiger partial charge in [-0.05, 0) is 19.1 Å². The van der Waals surface area contributed by atoms with Crippen molar-refractivity contribution in [2.24, 2.45) is 4.99 Å². The fraction of sp³-hybridized carbons (Fsp3) is 0.318. The van der Waals surface area contributed by atoms with Gasteiger partial charge in [0, 0.05) is 50.6 Å². The van der Waals surface area contributed by atoms with Crippen LogP contribution in [0.3, 0.4) is 0 Å². The zero-order valence-electron chi connectivity index (χ0n) is 16.7. The highest BCUT2D eigenvalue weighted by Gasteiger charge is 2.20. The van der Waals surface area contributed by atoms with Crippen molar-refractivity contribution in [1.82, 2.24) is 20.4 Å². The first-order valence-corrected chi connectivity index (χ1v) is 10.0. The number of nitrogens with zero attached hydrogens (tertiary/aromatic N) is 5. The number of hydrogen-bond donors (Lipinski definition) is 1. The Morgan fingerprint density at radius 3 is 2.59 bits per heavy atom. The maximum atomic E-state index is 5.48. The van der Waals surface area contributed by atoms with Gasteiger partial charge >= 0.3 is 0 Å². The van der Waals surface area contributed by atoms with Gasteiger partial charge in [-0.3, -0.25) is 0 Å². The van der Waals surface area contributed by atoms with Gasteiger partial charge in [0.1, 0.15) is 11.5 Å². The van der Waals surface area contributed by atoms with Crippen LogP contribution in [0.25, 0.3) is 11.3 Å². The molecule has 0 unspecified atom stereocenters. The third kappa shape index (κ3) is 4.74. The van der Waals surface area contributed by atoms with Gasteiger partial charge in [0.05, 0.1) is 6.54 Å². The average molecular weight is 390 g/mol. The van der Waals surface area contributed by atoms with Gasteiger partial charge in [0.25, 0.3) is 0 Å². The van der Waals surface area contributed by atoms with Crippen LogP contribution in [0.4, 0.5) is 5.82 Å². The molecule has 0 spiro atoms. The first-order valence-electron chi connectivity index (χ1n) is 10.0. The van der Waals surface area contributed by atoms with Crippen LogP contribution in [0.1, 0.15) is 12.6 Å². The minimum absolute atomic E-state index is 0.485. The van der Waals surface area contributed by atoms with E-state index in [4.69, 9.17) is 9.52 Å². The molecule has 1 aromatic carbocycles. The molecule has 3 heterocycles. The van der Waals surface area contributed by atoms with Crippen molar-refractivity contribution >= 4 is 11.8 Å². The standard InChI is InChI=1S/C22H26N6O/c1-2-23-22(28-14-12-27(13-15-28)21-10-6-7-11-24-21)25-17-19-16-20(29-26-19)18-8-4-3-5-9-18/h3-11,16H,2,12-15,17H2,1H3,(H,23,25). The largest absolute Gasteiger partial charge is 0.357 e. The number of rotatable bonds is 5. The zero-order chi connectivity index (χ0) is 19.9. The Morgan fingerprint density at radius 2 is 1.86 bits per heavy atom. The number of aromatic nitrogens is 2. The predicted octanol–water partition coefficient (Wildman–Crippen LogP) is 3.02. The predicted molar refractivity (Wildman–Crippen MR) is 115 cm³/mol. The molecule has 150 valence electrons. The van der Waals surface area contributed by atoms with Gasteiger partial charge in [-0.25, -0.2) is 9.98 Å². The Balaban J connectivity index is 1.39. The third-order valence-corrected chi connectivity index (χ3v) is 4.90. The van der Waals surface area contributed by atoms with E-state index in [0.29, 0.717) is 6.54 Å². The molecular weight excluding hydrogens is 364 g/mol. The molecule has 0 amide bonds. The number of hydrogen-bond acceptors (Lipinski definition) is 5. The fourth-order valence-electron chi connectivity index (χ4n) is 3.39. The number of aliphatic imine (C=N–C) groups is 1. The maximum absolute atomic E-state index is 5.48. The van der Waals surface area contributed by atoms with Gasteiger partial charge < -0.3 is 19.6 Å². The third-order valence-electron chi connectivity index (χ3n) is 4.90. The van der Waals surface area contributed by atoms with E-state index in [0.717, 1.165) is 61.5 Å². The highest BCUT2D eigenvalue weighted by molar-refractivity contribution is 5.80. The van der Waals surface area contributed by atoms with Crippen molar-refractivity contribution in [1.29, 1.82) is 0 Å². The van der Waals surface area contributed by atoms with Crippen LogP contribution in [-0.4, -0.2) is 53.7 Å². The molecular formula is C22H26N6O. The number of benzene rings is 1. The van der Waals surface area contributed by atoms with Crippen molar-refractivity contribution in [3.63, 3.8) is 0 Å². The van der Waals surface area contributed by atoms with E-state index in [1.165, 1.54) is 0 Å². The summed E-state index contributed by atoms with van der Waals surface area (Å²) in [7, 11) is 0. The van der Waals surface area contributed by atoms with Crippen molar-refractivity contribution in [3.8, 4) is 11.3 Å². The van der Waals surface area contributed by atoms with Crippen LogP contribution >= 0.6 is 0 Å². The summed E-state index contributed by atoms with van der Waals surface area (Å²) in [6.07, 6.45) is 1.84. The normalized spacial score (nSPS) is 14.9. The Hall–Kier alpha value is -3.35. The second-order valence-corrected chi connectivity index (χ2v) is 6.88. The second kappa shape index (κ2) is 9.23. The molecule has 4 rings (SSSR count). The summed E-state index contributed by atoms with van der Waals surface area (Å²) in [5, 5.41) is 7.58. The first kappa shape index (κ1) is 19.0. The first-order chi connectivity index (χ1) is 14.3. The summed E-state index contributed by atoms with van der Waals surface area (Å²) in [6.45, 7) is 7.04. The summed E-state index contributed by atoms with van der Waals surface area (Å²) in [5.41, 5.74) is 1.85. The molecule has 1 aliphatic heterocycles. The Morgan fingerprint density at radius 1 is 1.07 bits per heavy atom. The molecule has 29 heavy (non-hydrogen) atoms. The quantitative estimate of drug-likeness (QED) is 0.533. The average Bonchev–Trinajstić information content (AvgIpc) is 3.27. The summed E-state index contributed by atoms with van der Waals surface area (Å²) < 4.78 is 5.48. The number of pyridine rings is 1. The van der Waals surface area contributed by atoms with E-state index in [-0.39, 0.29) is 0 Å². The van der Waals surface area contributed by atoms with Gasteiger partial charge in [-0.2, -0.15) is 0 Å². The molecule has 3 aromatic rings. The number of anilines is 1. The molecule has 2 aromatic heterocycles. The summed E-state index contributed by atoms with van der Waals surface area (Å²) >= 11 is 0. The zero-order valence-corrected chi connectivity index (χ0v) is 16.7. The highest BCUT2D eigenvalue weighted by atomic mass is 16.5. The van der Waals surface area contributed by atoms with E-state index in [9.17, 15) is 0 Å². The minimum atomic E-state index is 0.485. The van der Waals surface area contributed by atoms with E-state index in [2.05, 4.69) is 38.2 Å². The van der Waals surface area contributed by atoms with Crippen molar-refractivity contribution in [2.45, 2.75) is 13.5 Å². The molecule has 0 saturated carbocycles. The number of guanidine groups is 1. The lowest BCUT2D eigenvalue weighted by Gasteiger charge is -2.37. The molecule has 0 bridgehead atoms. The van der Waals surface area contributed by atoms with Crippen LogP contribution in [0, 0.1) is 0 Å². The molecule has 0 atom stereocenters. The summed E-state index contributed by atoms with van der Waals surface area (Å²) in [4.78, 5) is 13.8. The molecule has 1 aliphatic rings. The van der Waals surface area contributed by atoms with E-state index in [1.807, 2.05) is 54.7 Å². The molecule has 7 heteroatoms. The van der Waals surface area contributed by atoms with E-state index >= 15 is 0 Å². The topological polar surface area (TPSA) is 69.8 Å². The number of piperazine rings is 1. The van der Waals surface area contributed by atoms with Gasteiger partial charge in [-0.15, -0.1) is 0 Å². The van der Waals surface area contributed by atoms with Crippen LogP contribution < -0.4 is 10.2 Å². The molecule has 1 saturated heterocycles.